The Hall–Kier alpha value is -1.32. The number of aryl methyl sites for hydroxylation is 1. The SMILES string of the molecule is Cc1cnc(CCNC(=O)C2CCCC2)n1C1CC1. The fourth-order valence-electron chi connectivity index (χ4n) is 3.14. The number of carbonyl (C=O) groups is 1. The van der Waals surface area contributed by atoms with Crippen LogP contribution < -0.4 is 5.32 Å². The van der Waals surface area contributed by atoms with E-state index in [1.165, 1.54) is 31.4 Å². The lowest BCUT2D eigenvalue weighted by molar-refractivity contribution is -0.124. The number of carbonyl (C=O) groups excluding carboxylic acids is 1. The number of rotatable bonds is 5. The van der Waals surface area contributed by atoms with Gasteiger partial charge in [-0.1, -0.05) is 12.8 Å². The normalized spacial score (nSPS) is 19.8. The molecule has 0 unspecified atom stereocenters. The molecule has 0 aliphatic heterocycles. The second-order valence-electron chi connectivity index (χ2n) is 5.94. The van der Waals surface area contributed by atoms with Crippen LogP contribution in [0.2, 0.25) is 0 Å². The summed E-state index contributed by atoms with van der Waals surface area (Å²) in [5.74, 6) is 1.65. The number of imidazole rings is 1. The van der Waals surface area contributed by atoms with Gasteiger partial charge in [-0.3, -0.25) is 4.79 Å². The largest absolute Gasteiger partial charge is 0.355 e. The standard InChI is InChI=1S/C15H23N3O/c1-11-10-17-14(18(11)13-6-7-13)8-9-16-15(19)12-4-2-3-5-12/h10,12-13H,2-9H2,1H3,(H,16,19). The van der Waals surface area contributed by atoms with Gasteiger partial charge in [0.2, 0.25) is 5.91 Å². The van der Waals surface area contributed by atoms with Crippen molar-refractivity contribution >= 4 is 5.91 Å². The lowest BCUT2D eigenvalue weighted by atomic mass is 10.1. The summed E-state index contributed by atoms with van der Waals surface area (Å²) in [7, 11) is 0. The zero-order valence-electron chi connectivity index (χ0n) is 11.7. The molecule has 1 heterocycles. The quantitative estimate of drug-likeness (QED) is 0.884. The maximum Gasteiger partial charge on any atom is 0.223 e. The van der Waals surface area contributed by atoms with Gasteiger partial charge in [0, 0.05) is 36.8 Å². The Labute approximate surface area is 114 Å². The summed E-state index contributed by atoms with van der Waals surface area (Å²) in [6.45, 7) is 2.84. The van der Waals surface area contributed by atoms with Crippen molar-refractivity contribution in [3.8, 4) is 0 Å². The molecule has 104 valence electrons. The molecule has 1 aromatic heterocycles. The molecule has 2 aliphatic rings. The monoisotopic (exact) mass is 261 g/mol. The molecular weight excluding hydrogens is 238 g/mol. The van der Waals surface area contributed by atoms with Crippen molar-refractivity contribution in [2.24, 2.45) is 5.92 Å². The van der Waals surface area contributed by atoms with Crippen LogP contribution in [0.5, 0.6) is 0 Å². The summed E-state index contributed by atoms with van der Waals surface area (Å²) >= 11 is 0. The highest BCUT2D eigenvalue weighted by Crippen LogP contribution is 2.36. The van der Waals surface area contributed by atoms with Crippen LogP contribution in [-0.4, -0.2) is 22.0 Å². The van der Waals surface area contributed by atoms with E-state index in [9.17, 15) is 4.79 Å². The second kappa shape index (κ2) is 5.35. The fraction of sp³-hybridized carbons (Fsp3) is 0.733. The van der Waals surface area contributed by atoms with E-state index < -0.39 is 0 Å². The van der Waals surface area contributed by atoms with E-state index >= 15 is 0 Å². The zero-order valence-corrected chi connectivity index (χ0v) is 11.7. The third-order valence-corrected chi connectivity index (χ3v) is 4.34. The van der Waals surface area contributed by atoms with Crippen LogP contribution in [0.1, 0.15) is 56.1 Å². The molecule has 0 saturated heterocycles. The molecule has 2 saturated carbocycles. The van der Waals surface area contributed by atoms with Crippen LogP contribution >= 0.6 is 0 Å². The molecule has 0 bridgehead atoms. The van der Waals surface area contributed by atoms with E-state index in [1.54, 1.807) is 0 Å². The number of nitrogens with one attached hydrogen (secondary N) is 1. The molecule has 2 fully saturated rings. The number of amides is 1. The van der Waals surface area contributed by atoms with Crippen LogP contribution in [-0.2, 0) is 11.2 Å². The smallest absolute Gasteiger partial charge is 0.223 e. The Balaban J connectivity index is 1.50. The highest BCUT2D eigenvalue weighted by atomic mass is 16.1. The van der Waals surface area contributed by atoms with Crippen molar-refractivity contribution in [1.29, 1.82) is 0 Å². The van der Waals surface area contributed by atoms with Crippen LogP contribution in [0.4, 0.5) is 0 Å². The van der Waals surface area contributed by atoms with Crippen molar-refractivity contribution < 1.29 is 4.79 Å². The Kier molecular flexibility index (Phi) is 3.58. The van der Waals surface area contributed by atoms with Crippen LogP contribution in [0.3, 0.4) is 0 Å². The molecule has 0 radical (unpaired) electrons. The van der Waals surface area contributed by atoms with Gasteiger partial charge in [-0.05, 0) is 32.6 Å². The van der Waals surface area contributed by atoms with Crippen molar-refractivity contribution in [2.75, 3.05) is 6.54 Å². The Morgan fingerprint density at radius 3 is 2.79 bits per heavy atom. The Morgan fingerprint density at radius 2 is 2.11 bits per heavy atom. The Bertz CT molecular complexity index is 456. The predicted molar refractivity (Wildman–Crippen MR) is 73.9 cm³/mol. The van der Waals surface area contributed by atoms with E-state index in [2.05, 4.69) is 21.8 Å². The third-order valence-electron chi connectivity index (χ3n) is 4.34. The van der Waals surface area contributed by atoms with E-state index in [-0.39, 0.29) is 11.8 Å². The molecule has 0 atom stereocenters. The highest BCUT2D eigenvalue weighted by molar-refractivity contribution is 5.78. The molecule has 19 heavy (non-hydrogen) atoms. The van der Waals surface area contributed by atoms with Gasteiger partial charge in [-0.25, -0.2) is 4.98 Å². The van der Waals surface area contributed by atoms with Gasteiger partial charge < -0.3 is 9.88 Å². The van der Waals surface area contributed by atoms with Gasteiger partial charge in [0.15, 0.2) is 0 Å². The second-order valence-corrected chi connectivity index (χ2v) is 5.94. The molecule has 0 aromatic carbocycles. The first-order valence-corrected chi connectivity index (χ1v) is 7.56. The predicted octanol–water partition coefficient (Wildman–Crippen LogP) is 2.38. The molecule has 4 nitrogen and oxygen atoms in total. The molecule has 1 amide bonds. The minimum atomic E-state index is 0.249. The summed E-state index contributed by atoms with van der Waals surface area (Å²) in [6, 6.07) is 0.669. The average Bonchev–Trinajstić information content (AvgIpc) is 2.95. The van der Waals surface area contributed by atoms with Gasteiger partial charge in [-0.15, -0.1) is 0 Å². The van der Waals surface area contributed by atoms with Gasteiger partial charge in [0.05, 0.1) is 0 Å². The van der Waals surface area contributed by atoms with Gasteiger partial charge >= 0.3 is 0 Å². The Morgan fingerprint density at radius 1 is 1.37 bits per heavy atom. The fourth-order valence-corrected chi connectivity index (χ4v) is 3.14. The number of aromatic nitrogens is 2. The van der Waals surface area contributed by atoms with Crippen molar-refractivity contribution in [3.05, 3.63) is 17.7 Å². The molecule has 4 heteroatoms. The van der Waals surface area contributed by atoms with Gasteiger partial charge in [0.25, 0.3) is 0 Å². The first kappa shape index (κ1) is 12.7. The molecular formula is C15H23N3O. The van der Waals surface area contributed by atoms with Crippen molar-refractivity contribution in [2.45, 2.75) is 57.9 Å². The number of nitrogens with zero attached hydrogens (tertiary/aromatic N) is 2. The summed E-state index contributed by atoms with van der Waals surface area (Å²) < 4.78 is 2.35. The molecule has 3 rings (SSSR count). The van der Waals surface area contributed by atoms with E-state index in [4.69, 9.17) is 0 Å². The van der Waals surface area contributed by atoms with Gasteiger partial charge in [-0.2, -0.15) is 0 Å². The summed E-state index contributed by atoms with van der Waals surface area (Å²) in [6.07, 6.45) is 9.92. The zero-order chi connectivity index (χ0) is 13.2. The third kappa shape index (κ3) is 2.82. The summed E-state index contributed by atoms with van der Waals surface area (Å²) in [5.41, 5.74) is 1.25. The van der Waals surface area contributed by atoms with Crippen molar-refractivity contribution in [3.63, 3.8) is 0 Å². The number of hydrogen-bond donors (Lipinski definition) is 1. The maximum absolute atomic E-state index is 11.9. The minimum absolute atomic E-state index is 0.249. The molecule has 1 N–H and O–H groups in total. The average molecular weight is 261 g/mol. The van der Waals surface area contributed by atoms with Crippen LogP contribution in [0, 0.1) is 12.8 Å². The topological polar surface area (TPSA) is 46.9 Å². The highest BCUT2D eigenvalue weighted by Gasteiger charge is 2.27. The number of hydrogen-bond acceptors (Lipinski definition) is 2. The maximum atomic E-state index is 11.9. The lowest BCUT2D eigenvalue weighted by Gasteiger charge is -2.11. The van der Waals surface area contributed by atoms with E-state index in [0.29, 0.717) is 6.04 Å². The van der Waals surface area contributed by atoms with Crippen LogP contribution in [0.25, 0.3) is 0 Å². The molecule has 0 spiro atoms. The lowest BCUT2D eigenvalue weighted by Crippen LogP contribution is -2.31. The summed E-state index contributed by atoms with van der Waals surface area (Å²) in [5, 5.41) is 3.08. The van der Waals surface area contributed by atoms with Gasteiger partial charge in [0.1, 0.15) is 5.82 Å². The molecule has 1 aromatic rings. The summed E-state index contributed by atoms with van der Waals surface area (Å²) in [4.78, 5) is 16.4. The van der Waals surface area contributed by atoms with E-state index in [1.807, 2.05) is 6.20 Å². The van der Waals surface area contributed by atoms with Crippen LogP contribution in [0.15, 0.2) is 6.20 Å². The minimum Gasteiger partial charge on any atom is -0.355 e. The van der Waals surface area contributed by atoms with E-state index in [0.717, 1.165) is 31.6 Å². The first-order valence-electron chi connectivity index (χ1n) is 7.56. The first-order chi connectivity index (χ1) is 9.25. The van der Waals surface area contributed by atoms with Crippen molar-refractivity contribution in [1.82, 2.24) is 14.9 Å². The molecule has 2 aliphatic carbocycles.